The number of aliphatic hydroxyl groups is 1. The van der Waals surface area contributed by atoms with Gasteiger partial charge in [0.2, 0.25) is 0 Å². The molecule has 0 unspecified atom stereocenters. The Morgan fingerprint density at radius 2 is 1.86 bits per heavy atom. The van der Waals surface area contributed by atoms with Gasteiger partial charge in [-0.3, -0.25) is 0 Å². The number of rotatable bonds is 5. The summed E-state index contributed by atoms with van der Waals surface area (Å²) < 4.78 is 0. The van der Waals surface area contributed by atoms with E-state index in [9.17, 15) is 5.11 Å². The molecular weight excluding hydrogens is 258 g/mol. The van der Waals surface area contributed by atoms with Crippen LogP contribution in [0.15, 0.2) is 42.5 Å². The van der Waals surface area contributed by atoms with E-state index in [1.165, 1.54) is 22.3 Å². The lowest BCUT2D eigenvalue weighted by molar-refractivity contribution is 0.132. The van der Waals surface area contributed by atoms with Crippen LogP contribution in [0.25, 0.3) is 11.1 Å². The summed E-state index contributed by atoms with van der Waals surface area (Å²) in [7, 11) is 0. The van der Waals surface area contributed by atoms with E-state index in [4.69, 9.17) is 5.73 Å². The molecule has 2 heteroatoms. The number of fused-ring (bicyclic) bond motifs is 3. The fourth-order valence-electron chi connectivity index (χ4n) is 3.19. The minimum atomic E-state index is -0.452. The third kappa shape index (κ3) is 2.74. The number of aliphatic hydroxyl groups excluding tert-OH is 1. The van der Waals surface area contributed by atoms with E-state index in [1.54, 1.807) is 0 Å². The lowest BCUT2D eigenvalue weighted by Gasteiger charge is -2.19. The van der Waals surface area contributed by atoms with Crippen molar-refractivity contribution < 1.29 is 5.11 Å². The SMILES string of the molecule is CCCC[C@H](O)[C@H](N)c1ccc2c(c1)Cc1ccccc1-2. The third-order valence-corrected chi connectivity index (χ3v) is 4.47. The monoisotopic (exact) mass is 281 g/mol. The Bertz CT molecular complexity index is 635. The van der Waals surface area contributed by atoms with Gasteiger partial charge >= 0.3 is 0 Å². The van der Waals surface area contributed by atoms with Crippen molar-refractivity contribution >= 4 is 0 Å². The molecule has 0 bridgehead atoms. The number of nitrogens with two attached hydrogens (primary N) is 1. The first kappa shape index (κ1) is 14.3. The van der Waals surface area contributed by atoms with Crippen molar-refractivity contribution in [3.05, 3.63) is 59.2 Å². The molecule has 0 heterocycles. The summed E-state index contributed by atoms with van der Waals surface area (Å²) >= 11 is 0. The predicted molar refractivity (Wildman–Crippen MR) is 87.1 cm³/mol. The molecule has 0 fully saturated rings. The number of hydrogen-bond acceptors (Lipinski definition) is 2. The molecule has 0 aromatic heterocycles. The molecule has 1 aliphatic rings. The highest BCUT2D eigenvalue weighted by Crippen LogP contribution is 2.37. The lowest BCUT2D eigenvalue weighted by Crippen LogP contribution is -2.26. The van der Waals surface area contributed by atoms with Crippen LogP contribution >= 0.6 is 0 Å². The van der Waals surface area contributed by atoms with Crippen LogP contribution in [-0.2, 0) is 6.42 Å². The largest absolute Gasteiger partial charge is 0.391 e. The van der Waals surface area contributed by atoms with Crippen LogP contribution in [0.2, 0.25) is 0 Å². The van der Waals surface area contributed by atoms with Crippen LogP contribution in [0.1, 0.15) is 48.9 Å². The highest BCUT2D eigenvalue weighted by Gasteiger charge is 2.21. The fraction of sp³-hybridized carbons (Fsp3) is 0.368. The first-order chi connectivity index (χ1) is 10.2. The zero-order valence-corrected chi connectivity index (χ0v) is 12.5. The molecule has 0 saturated heterocycles. The van der Waals surface area contributed by atoms with Gasteiger partial charge in [0.05, 0.1) is 12.1 Å². The summed E-state index contributed by atoms with van der Waals surface area (Å²) in [5.41, 5.74) is 12.6. The Kier molecular flexibility index (Phi) is 4.09. The van der Waals surface area contributed by atoms with Crippen LogP contribution in [0.5, 0.6) is 0 Å². The van der Waals surface area contributed by atoms with E-state index in [0.717, 1.165) is 31.2 Å². The Morgan fingerprint density at radius 1 is 1.10 bits per heavy atom. The molecule has 2 atom stereocenters. The van der Waals surface area contributed by atoms with E-state index in [-0.39, 0.29) is 6.04 Å². The molecule has 0 saturated carbocycles. The first-order valence-electron chi connectivity index (χ1n) is 7.85. The van der Waals surface area contributed by atoms with Crippen LogP contribution < -0.4 is 5.73 Å². The first-order valence-corrected chi connectivity index (χ1v) is 7.85. The quantitative estimate of drug-likeness (QED) is 0.747. The standard InChI is InChI=1S/C19H23NO/c1-2-3-8-18(21)19(20)14-9-10-17-15(12-14)11-13-6-4-5-7-16(13)17/h4-7,9-10,12,18-19,21H,2-3,8,11,20H2,1H3/t18-,19+/m0/s1. The van der Waals surface area contributed by atoms with Gasteiger partial charge < -0.3 is 10.8 Å². The van der Waals surface area contributed by atoms with Gasteiger partial charge in [-0.05, 0) is 40.7 Å². The van der Waals surface area contributed by atoms with Crippen LogP contribution in [0.4, 0.5) is 0 Å². The second kappa shape index (κ2) is 6.00. The van der Waals surface area contributed by atoms with E-state index in [1.807, 2.05) is 0 Å². The summed E-state index contributed by atoms with van der Waals surface area (Å²) in [6.45, 7) is 2.13. The van der Waals surface area contributed by atoms with Gasteiger partial charge in [0, 0.05) is 0 Å². The molecule has 2 nitrogen and oxygen atoms in total. The molecule has 0 aliphatic heterocycles. The van der Waals surface area contributed by atoms with Crippen molar-refractivity contribution in [2.45, 2.75) is 44.8 Å². The van der Waals surface area contributed by atoms with Gasteiger partial charge in [-0.25, -0.2) is 0 Å². The highest BCUT2D eigenvalue weighted by molar-refractivity contribution is 5.77. The van der Waals surface area contributed by atoms with Crippen molar-refractivity contribution in [3.8, 4) is 11.1 Å². The maximum absolute atomic E-state index is 10.2. The molecule has 0 spiro atoms. The molecule has 3 rings (SSSR count). The summed E-state index contributed by atoms with van der Waals surface area (Å²) in [5.74, 6) is 0. The Labute approximate surface area is 126 Å². The second-order valence-electron chi connectivity index (χ2n) is 5.99. The average Bonchev–Trinajstić information content (AvgIpc) is 2.89. The third-order valence-electron chi connectivity index (χ3n) is 4.47. The Balaban J connectivity index is 1.83. The normalized spacial score (nSPS) is 15.4. The van der Waals surface area contributed by atoms with Crippen LogP contribution in [0, 0.1) is 0 Å². The average molecular weight is 281 g/mol. The lowest BCUT2D eigenvalue weighted by atomic mass is 9.95. The molecule has 3 N–H and O–H groups in total. The summed E-state index contributed by atoms with van der Waals surface area (Å²) in [5, 5.41) is 10.2. The van der Waals surface area contributed by atoms with Crippen molar-refractivity contribution in [1.82, 2.24) is 0 Å². The van der Waals surface area contributed by atoms with Gasteiger partial charge in [0.25, 0.3) is 0 Å². The minimum absolute atomic E-state index is 0.287. The zero-order valence-electron chi connectivity index (χ0n) is 12.5. The van der Waals surface area contributed by atoms with Crippen molar-refractivity contribution in [2.24, 2.45) is 5.73 Å². The van der Waals surface area contributed by atoms with Gasteiger partial charge in [-0.15, -0.1) is 0 Å². The highest BCUT2D eigenvalue weighted by atomic mass is 16.3. The van der Waals surface area contributed by atoms with E-state index < -0.39 is 6.10 Å². The second-order valence-corrected chi connectivity index (χ2v) is 5.99. The smallest absolute Gasteiger partial charge is 0.0732 e. The van der Waals surface area contributed by atoms with Gasteiger partial charge in [0.1, 0.15) is 0 Å². The zero-order chi connectivity index (χ0) is 14.8. The van der Waals surface area contributed by atoms with E-state index in [2.05, 4.69) is 49.4 Å². The van der Waals surface area contributed by atoms with Gasteiger partial charge in [-0.2, -0.15) is 0 Å². The van der Waals surface area contributed by atoms with Crippen LogP contribution in [0.3, 0.4) is 0 Å². The fourth-order valence-corrected chi connectivity index (χ4v) is 3.19. The van der Waals surface area contributed by atoms with Gasteiger partial charge in [0.15, 0.2) is 0 Å². The van der Waals surface area contributed by atoms with Crippen molar-refractivity contribution in [1.29, 1.82) is 0 Å². The predicted octanol–water partition coefficient (Wildman–Crippen LogP) is 3.81. The number of benzene rings is 2. The van der Waals surface area contributed by atoms with Gasteiger partial charge in [-0.1, -0.05) is 62.2 Å². The Hall–Kier alpha value is -1.64. The topological polar surface area (TPSA) is 46.2 Å². The molecule has 2 aromatic rings. The minimum Gasteiger partial charge on any atom is -0.391 e. The number of hydrogen-bond donors (Lipinski definition) is 2. The Morgan fingerprint density at radius 3 is 2.67 bits per heavy atom. The number of unbranched alkanes of at least 4 members (excludes halogenated alkanes) is 1. The molecule has 21 heavy (non-hydrogen) atoms. The van der Waals surface area contributed by atoms with E-state index >= 15 is 0 Å². The summed E-state index contributed by atoms with van der Waals surface area (Å²) in [6.07, 6.45) is 3.40. The van der Waals surface area contributed by atoms with Crippen molar-refractivity contribution in [3.63, 3.8) is 0 Å². The van der Waals surface area contributed by atoms with Crippen LogP contribution in [-0.4, -0.2) is 11.2 Å². The molecular formula is C19H23NO. The van der Waals surface area contributed by atoms with Crippen molar-refractivity contribution in [2.75, 3.05) is 0 Å². The molecule has 1 aliphatic carbocycles. The maximum atomic E-state index is 10.2. The summed E-state index contributed by atoms with van der Waals surface area (Å²) in [6, 6.07) is 14.7. The summed E-state index contributed by atoms with van der Waals surface area (Å²) in [4.78, 5) is 0. The van der Waals surface area contributed by atoms with E-state index in [0.29, 0.717) is 0 Å². The molecule has 0 radical (unpaired) electrons. The molecule has 2 aromatic carbocycles. The molecule has 110 valence electrons. The molecule has 0 amide bonds. The maximum Gasteiger partial charge on any atom is 0.0732 e.